The van der Waals surface area contributed by atoms with Gasteiger partial charge in [0.25, 0.3) is 5.91 Å². The molecule has 4 aromatic rings. The minimum atomic E-state index is -4.30. The highest BCUT2D eigenvalue weighted by Crippen LogP contribution is 2.35. The summed E-state index contributed by atoms with van der Waals surface area (Å²) in [6.07, 6.45) is -0.659. The van der Waals surface area contributed by atoms with Gasteiger partial charge in [-0.25, -0.2) is 24.0 Å². The minimum absolute atomic E-state index is 0.0598. The number of aryl methyl sites for hydroxylation is 4. The van der Waals surface area contributed by atoms with Gasteiger partial charge in [0.05, 0.1) is 17.2 Å². The third-order valence-electron chi connectivity index (χ3n) is 6.58. The molecule has 8 nitrogen and oxygen atoms in total. The number of carbonyl (C=O) groups is 1. The van der Waals surface area contributed by atoms with E-state index in [0.717, 1.165) is 5.56 Å². The summed E-state index contributed by atoms with van der Waals surface area (Å²) in [4.78, 5) is 26.0. The van der Waals surface area contributed by atoms with Gasteiger partial charge in [-0.2, -0.15) is 18.3 Å². The number of hydrogen-bond donors (Lipinski definition) is 1. The maximum Gasteiger partial charge on any atom is 0.392 e. The number of benzene rings is 1. The zero-order valence-corrected chi connectivity index (χ0v) is 20.5. The Morgan fingerprint density at radius 3 is 2.70 bits per heavy atom. The maximum absolute atomic E-state index is 15.2. The van der Waals surface area contributed by atoms with Gasteiger partial charge in [0.2, 0.25) is 5.78 Å². The second-order valence-electron chi connectivity index (χ2n) is 9.32. The smallest absolute Gasteiger partial charge is 0.347 e. The Balaban J connectivity index is 1.36. The summed E-state index contributed by atoms with van der Waals surface area (Å²) >= 11 is 0. The third-order valence-corrected chi connectivity index (χ3v) is 6.58. The highest BCUT2D eigenvalue weighted by molar-refractivity contribution is 5.94. The number of hydrogen-bond acceptors (Lipinski definition) is 5. The van der Waals surface area contributed by atoms with E-state index in [-0.39, 0.29) is 49.1 Å². The summed E-state index contributed by atoms with van der Waals surface area (Å²) < 4.78 is 57.7. The molecule has 1 aliphatic rings. The molecule has 194 valence electrons. The Labute approximate surface area is 209 Å². The van der Waals surface area contributed by atoms with Gasteiger partial charge in [0, 0.05) is 31.9 Å². The molecule has 4 heterocycles. The molecule has 0 radical (unpaired) electrons. The van der Waals surface area contributed by atoms with Gasteiger partial charge < -0.3 is 5.32 Å². The average molecular weight is 516 g/mol. The van der Waals surface area contributed by atoms with E-state index in [2.05, 4.69) is 25.4 Å². The highest BCUT2D eigenvalue weighted by atomic mass is 19.4. The van der Waals surface area contributed by atoms with Crippen LogP contribution in [0.15, 0.2) is 24.5 Å². The predicted molar refractivity (Wildman–Crippen MR) is 126 cm³/mol. The molecular formula is C25H25F4N7O. The van der Waals surface area contributed by atoms with Crippen molar-refractivity contribution in [3.8, 4) is 11.4 Å². The summed E-state index contributed by atoms with van der Waals surface area (Å²) in [7, 11) is 0. The average Bonchev–Trinajstić information content (AvgIpc) is 3.41. The van der Waals surface area contributed by atoms with Gasteiger partial charge in [0.1, 0.15) is 17.3 Å². The van der Waals surface area contributed by atoms with E-state index in [0.29, 0.717) is 34.7 Å². The Morgan fingerprint density at radius 2 is 2.00 bits per heavy atom. The standard InChI is InChI=1S/C25H25F4N7O/c1-4-18-21(35-12-13(2)10-31-24(35)32-18)23(37)30-11-15-7-14(3)20(17(26)8-15)22-33-19-9-16(25(27,28)29)5-6-36(19)34-22/h7-8,10,12,16H,4-6,9,11H2,1-3H3,(H,30,37). The van der Waals surface area contributed by atoms with Crippen molar-refractivity contribution in [2.24, 2.45) is 5.92 Å². The molecule has 12 heteroatoms. The van der Waals surface area contributed by atoms with E-state index in [9.17, 15) is 18.0 Å². The number of fused-ring (bicyclic) bond motifs is 2. The lowest BCUT2D eigenvalue weighted by Crippen LogP contribution is -2.31. The Hall–Kier alpha value is -3.83. The lowest BCUT2D eigenvalue weighted by molar-refractivity contribution is -0.179. The number of halogens is 4. The van der Waals surface area contributed by atoms with Crippen LogP contribution in [0, 0.1) is 25.6 Å². The number of aromatic nitrogens is 6. The van der Waals surface area contributed by atoms with Crippen molar-refractivity contribution in [2.75, 3.05) is 0 Å². The molecule has 1 amide bonds. The fraction of sp³-hybridized carbons (Fsp3) is 0.400. The van der Waals surface area contributed by atoms with E-state index in [1.165, 1.54) is 10.7 Å². The molecule has 37 heavy (non-hydrogen) atoms. The molecular weight excluding hydrogens is 490 g/mol. The van der Waals surface area contributed by atoms with Crippen molar-refractivity contribution >= 4 is 11.7 Å². The summed E-state index contributed by atoms with van der Waals surface area (Å²) in [5, 5.41) is 7.09. The monoisotopic (exact) mass is 515 g/mol. The van der Waals surface area contributed by atoms with Crippen molar-refractivity contribution in [3.63, 3.8) is 0 Å². The molecule has 1 aliphatic heterocycles. The van der Waals surface area contributed by atoms with Crippen molar-refractivity contribution in [3.05, 3.63) is 64.2 Å². The summed E-state index contributed by atoms with van der Waals surface area (Å²) in [5.41, 5.74) is 3.04. The van der Waals surface area contributed by atoms with Crippen LogP contribution in [-0.4, -0.2) is 41.2 Å². The Morgan fingerprint density at radius 1 is 1.22 bits per heavy atom. The van der Waals surface area contributed by atoms with Crippen LogP contribution in [0.25, 0.3) is 17.2 Å². The van der Waals surface area contributed by atoms with Crippen LogP contribution in [0.3, 0.4) is 0 Å². The zero-order valence-electron chi connectivity index (χ0n) is 20.5. The van der Waals surface area contributed by atoms with Crippen LogP contribution >= 0.6 is 0 Å². The summed E-state index contributed by atoms with van der Waals surface area (Å²) in [5.74, 6) is -1.76. The fourth-order valence-corrected chi connectivity index (χ4v) is 4.72. The lowest BCUT2D eigenvalue weighted by Gasteiger charge is -2.24. The van der Waals surface area contributed by atoms with Crippen LogP contribution in [0.1, 0.15) is 52.0 Å². The van der Waals surface area contributed by atoms with Crippen molar-refractivity contribution in [2.45, 2.75) is 59.3 Å². The first-order chi connectivity index (χ1) is 17.5. The number of carbonyl (C=O) groups excluding carboxylic acids is 1. The molecule has 0 spiro atoms. The molecule has 0 bridgehead atoms. The molecule has 1 unspecified atom stereocenters. The number of nitrogens with one attached hydrogen (secondary N) is 1. The minimum Gasteiger partial charge on any atom is -0.347 e. The topological polar surface area (TPSA) is 90.0 Å². The number of amides is 1. The van der Waals surface area contributed by atoms with Gasteiger partial charge in [-0.3, -0.25) is 9.20 Å². The van der Waals surface area contributed by atoms with E-state index in [1.54, 1.807) is 29.8 Å². The molecule has 1 atom stereocenters. The molecule has 0 saturated heterocycles. The van der Waals surface area contributed by atoms with Gasteiger partial charge >= 0.3 is 6.18 Å². The number of alkyl halides is 3. The SMILES string of the molecule is CCc1nc2ncc(C)cn2c1C(=O)NCc1cc(C)c(-c2nc3n(n2)CCC(C(F)(F)F)C3)c(F)c1. The Bertz CT molecular complexity index is 1480. The van der Waals surface area contributed by atoms with Crippen LogP contribution in [0.5, 0.6) is 0 Å². The first-order valence-corrected chi connectivity index (χ1v) is 12.0. The molecule has 0 fully saturated rings. The quantitative estimate of drug-likeness (QED) is 0.399. The molecule has 1 N–H and O–H groups in total. The zero-order chi connectivity index (χ0) is 26.5. The first kappa shape index (κ1) is 24.8. The van der Waals surface area contributed by atoms with Crippen LogP contribution < -0.4 is 5.32 Å². The van der Waals surface area contributed by atoms with Crippen LogP contribution in [0.4, 0.5) is 17.6 Å². The van der Waals surface area contributed by atoms with Gasteiger partial charge in [0.15, 0.2) is 5.82 Å². The molecule has 0 saturated carbocycles. The fourth-order valence-electron chi connectivity index (χ4n) is 4.72. The van der Waals surface area contributed by atoms with Crippen molar-refractivity contribution in [1.29, 1.82) is 0 Å². The molecule has 3 aromatic heterocycles. The summed E-state index contributed by atoms with van der Waals surface area (Å²) in [6, 6.07) is 2.99. The number of nitrogens with zero attached hydrogens (tertiary/aromatic N) is 6. The first-order valence-electron chi connectivity index (χ1n) is 12.0. The normalized spacial score (nSPS) is 15.7. The Kier molecular flexibility index (Phi) is 6.20. The second kappa shape index (κ2) is 9.24. The molecule has 0 aliphatic carbocycles. The van der Waals surface area contributed by atoms with Gasteiger partial charge in [-0.15, -0.1) is 0 Å². The van der Waals surface area contributed by atoms with Gasteiger partial charge in [-0.1, -0.05) is 13.0 Å². The van der Waals surface area contributed by atoms with E-state index >= 15 is 4.39 Å². The van der Waals surface area contributed by atoms with Crippen molar-refractivity contribution in [1.82, 2.24) is 34.4 Å². The third kappa shape index (κ3) is 4.67. The van der Waals surface area contributed by atoms with Crippen molar-refractivity contribution < 1.29 is 22.4 Å². The lowest BCUT2D eigenvalue weighted by atomic mass is 9.97. The number of rotatable bonds is 5. The van der Waals surface area contributed by atoms with E-state index in [4.69, 9.17) is 0 Å². The maximum atomic E-state index is 15.2. The largest absolute Gasteiger partial charge is 0.392 e. The highest BCUT2D eigenvalue weighted by Gasteiger charge is 2.42. The molecule has 1 aromatic carbocycles. The van der Waals surface area contributed by atoms with Gasteiger partial charge in [-0.05, 0) is 49.4 Å². The molecule has 5 rings (SSSR count). The van der Waals surface area contributed by atoms with Crippen LogP contribution in [-0.2, 0) is 25.9 Å². The van der Waals surface area contributed by atoms with Crippen LogP contribution in [0.2, 0.25) is 0 Å². The number of imidazole rings is 1. The predicted octanol–water partition coefficient (Wildman–Crippen LogP) is 4.36. The van der Waals surface area contributed by atoms with E-state index < -0.39 is 17.9 Å². The van der Waals surface area contributed by atoms with E-state index in [1.807, 2.05) is 13.8 Å². The second-order valence-corrected chi connectivity index (χ2v) is 9.32. The summed E-state index contributed by atoms with van der Waals surface area (Å²) in [6.45, 7) is 5.58.